The molecular formula is C61H102N4O20S. The third kappa shape index (κ3) is 18.8. The predicted octanol–water partition coefficient (Wildman–Crippen LogP) is 6.11. The van der Waals surface area contributed by atoms with Gasteiger partial charge in [0.15, 0.2) is 30.3 Å². The molecule has 1 aromatic rings. The van der Waals surface area contributed by atoms with Gasteiger partial charge in [-0.25, -0.2) is 17.9 Å². The normalized spacial score (nSPS) is 37.6. The number of alkyl carbamates (subject to hydrolysis) is 1. The van der Waals surface area contributed by atoms with Gasteiger partial charge in [0.1, 0.15) is 50.0 Å². The zero-order valence-corrected chi connectivity index (χ0v) is 54.9. The summed E-state index contributed by atoms with van der Waals surface area (Å²) in [6.07, 6.45) is -14.1. The number of methoxy groups -OCH3 is 2. The van der Waals surface area contributed by atoms with Crippen LogP contribution < -0.4 is 10.0 Å². The highest BCUT2D eigenvalue weighted by Crippen LogP contribution is 2.41. The Balaban J connectivity index is 1.70. The van der Waals surface area contributed by atoms with Crippen molar-refractivity contribution in [2.75, 3.05) is 41.5 Å². The van der Waals surface area contributed by atoms with Gasteiger partial charge in [-0.15, -0.1) is 0 Å². The number of rotatable bonds is 20. The molecule has 0 radical (unpaired) electrons. The third-order valence-electron chi connectivity index (χ3n) is 17.3. The quantitative estimate of drug-likeness (QED) is 0.0650. The summed E-state index contributed by atoms with van der Waals surface area (Å²) < 4.78 is 99.8. The second-order valence-corrected chi connectivity index (χ2v) is 27.4. The molecule has 0 spiro atoms. The fraction of sp³-hybridized carbons (Fsp3) is 0.820. The number of aliphatic hydroxyl groups is 2. The van der Waals surface area contributed by atoms with Crippen LogP contribution in [0.5, 0.6) is 0 Å². The van der Waals surface area contributed by atoms with Crippen LogP contribution in [0.4, 0.5) is 4.79 Å². The van der Waals surface area contributed by atoms with Gasteiger partial charge in [-0.3, -0.25) is 19.3 Å². The summed E-state index contributed by atoms with van der Waals surface area (Å²) in [6, 6.07) is 7.84. The number of nitrogens with one attached hydrogen (secondary N) is 2. The maximum atomic E-state index is 16.0. The second kappa shape index (κ2) is 31.7. The van der Waals surface area contributed by atoms with Crippen LogP contribution in [0, 0.1) is 41.4 Å². The number of ether oxygens (including phenoxy) is 11. The summed E-state index contributed by atoms with van der Waals surface area (Å²) in [5.74, 6) is -8.08. The topological polar surface area (TPSA) is 293 Å². The molecule has 0 bridgehead atoms. The van der Waals surface area contributed by atoms with Gasteiger partial charge >= 0.3 is 18.0 Å². The number of amides is 1. The fourth-order valence-electron chi connectivity index (χ4n) is 12.2. The molecule has 24 nitrogen and oxygen atoms in total. The number of carbonyl (C=O) groups excluding carboxylic acids is 4. The zero-order valence-electron chi connectivity index (χ0n) is 54.1. The Bertz CT molecular complexity index is 2490. The first-order chi connectivity index (χ1) is 40.2. The number of sulfonamides is 1. The number of cyclic esters (lactones) is 1. The number of aliphatic hydroxyl groups excluding tert-OH is 2. The van der Waals surface area contributed by atoms with Crippen molar-refractivity contribution in [3.63, 3.8) is 0 Å². The lowest BCUT2D eigenvalue weighted by Gasteiger charge is -2.45. The largest absolute Gasteiger partial charge is 0.461 e. The number of benzene rings is 1. The fourth-order valence-corrected chi connectivity index (χ4v) is 13.4. The van der Waals surface area contributed by atoms with Gasteiger partial charge < -0.3 is 72.5 Å². The molecule has 0 saturated carbocycles. The van der Waals surface area contributed by atoms with Crippen LogP contribution in [-0.2, 0) is 81.3 Å². The van der Waals surface area contributed by atoms with E-state index in [1.165, 1.54) is 40.4 Å². The third-order valence-corrected chi connectivity index (χ3v) is 18.8. The standard InChI is InChI=1S/C61H102N4O20S/c1-32(2)27-45(66)81-51-38(8)50(34(4)30-77-58-54(75-18)53(74-17)47(67)41(11)79-58)83-56(70)40(10)52(82-46-26-25-35(5)65(16)42(12)80-46)37(7)49(84-57-48(68)44(64-76-19)28-36(6)78-57)33(3)29-61(15,55(69)39(51)9)85-59(71)63-60(13,14)31-62-86(72,73)43-23-21-20-22-24-43/h20-24,32-42,46-54,57-58,62,67-68H,25-31H2,1-19H3,(H,63,71)/b64-44-/t33-,34-,35+,36+,37+,38-,39+,40+,41+,42-,46-,47+,48+,49-,50+,51-,52-,53+,54+,57-,58+,61-/m0/s1. The minimum atomic E-state index is -4.03. The molecule has 4 fully saturated rings. The number of ketones is 1. The van der Waals surface area contributed by atoms with Crippen molar-refractivity contribution in [3.05, 3.63) is 30.3 Å². The Morgan fingerprint density at radius 1 is 0.837 bits per heavy atom. The highest BCUT2D eigenvalue weighted by Gasteiger charge is 2.53. The molecule has 4 aliphatic rings. The monoisotopic (exact) mass is 1240 g/mol. The highest BCUT2D eigenvalue weighted by atomic mass is 32.2. The average molecular weight is 1240 g/mol. The van der Waals surface area contributed by atoms with Crippen LogP contribution in [0.2, 0.25) is 0 Å². The SMILES string of the molecule is CO/N=C1/C[C@@H](C)O[C@@H](O[C@@H]2[C@@H](C)[C@H](O[C@H]3CC[C@@H](C)N(C)[C@H](C)O3)[C@@H](C)C(=O)O[C@H]([C@@H](C)CO[C@@H]3O[C@H](C)[C@@H](O)[C@@H](OC)[C@H]3OC)[C@H](C)[C@H](OC(=O)CC(C)C)[C@@H](C)C(=O)[C@@](C)(OC(=O)NC(C)(C)CNS(=O)(=O)c3ccccc3)C[C@@H]2C)[C@@H]1O. The molecule has 86 heavy (non-hydrogen) atoms. The number of esters is 2. The molecule has 4 saturated heterocycles. The van der Waals surface area contributed by atoms with Gasteiger partial charge in [0, 0.05) is 57.4 Å². The maximum absolute atomic E-state index is 16.0. The Kier molecular flexibility index (Phi) is 26.8. The molecule has 0 aliphatic carbocycles. The van der Waals surface area contributed by atoms with Crippen LogP contribution in [-0.4, -0.2) is 198 Å². The molecule has 4 aliphatic heterocycles. The molecular weight excluding hydrogens is 1140 g/mol. The first kappa shape index (κ1) is 72.8. The van der Waals surface area contributed by atoms with E-state index >= 15 is 9.59 Å². The van der Waals surface area contributed by atoms with E-state index in [1.54, 1.807) is 80.5 Å². The summed E-state index contributed by atoms with van der Waals surface area (Å²) >= 11 is 0. The highest BCUT2D eigenvalue weighted by molar-refractivity contribution is 7.89. The van der Waals surface area contributed by atoms with Crippen molar-refractivity contribution >= 4 is 39.6 Å². The van der Waals surface area contributed by atoms with Gasteiger partial charge in [0.05, 0.1) is 59.0 Å². The smallest absolute Gasteiger partial charge is 0.408 e. The van der Waals surface area contributed by atoms with Crippen LogP contribution in [0.3, 0.4) is 0 Å². The minimum Gasteiger partial charge on any atom is -0.461 e. The summed E-state index contributed by atoms with van der Waals surface area (Å²) in [7, 11) is 2.16. The summed E-state index contributed by atoms with van der Waals surface area (Å²) in [4.78, 5) is 67.5. The predicted molar refractivity (Wildman–Crippen MR) is 315 cm³/mol. The van der Waals surface area contributed by atoms with E-state index in [-0.39, 0.29) is 55.0 Å². The van der Waals surface area contributed by atoms with E-state index in [0.717, 1.165) is 0 Å². The van der Waals surface area contributed by atoms with Crippen molar-refractivity contribution in [2.24, 2.45) is 46.6 Å². The molecule has 0 aromatic heterocycles. The van der Waals surface area contributed by atoms with E-state index in [4.69, 9.17) is 56.9 Å². The Morgan fingerprint density at radius 2 is 1.49 bits per heavy atom. The molecule has 22 atom stereocenters. The van der Waals surface area contributed by atoms with E-state index in [0.29, 0.717) is 12.8 Å². The number of nitrogens with zero attached hydrogens (tertiary/aromatic N) is 2. The molecule has 492 valence electrons. The molecule has 4 heterocycles. The number of carbonyl (C=O) groups is 4. The number of Topliss-reactive ketones (excluding diaryl/α,β-unsaturated/α-hetero) is 1. The lowest BCUT2D eigenvalue weighted by atomic mass is 9.74. The van der Waals surface area contributed by atoms with Crippen LogP contribution in [0.25, 0.3) is 0 Å². The molecule has 25 heteroatoms. The molecule has 5 rings (SSSR count). The Labute approximate surface area is 510 Å². The van der Waals surface area contributed by atoms with Crippen molar-refractivity contribution in [2.45, 2.75) is 244 Å². The average Bonchev–Trinajstić information content (AvgIpc) is 3.75. The first-order valence-corrected chi connectivity index (χ1v) is 31.8. The van der Waals surface area contributed by atoms with Crippen LogP contribution in [0.15, 0.2) is 40.4 Å². The van der Waals surface area contributed by atoms with Crippen molar-refractivity contribution in [3.8, 4) is 0 Å². The molecule has 1 aromatic carbocycles. The van der Waals surface area contributed by atoms with Gasteiger partial charge in [-0.1, -0.05) is 71.8 Å². The number of hydrogen-bond donors (Lipinski definition) is 4. The summed E-state index contributed by atoms with van der Waals surface area (Å²) in [5, 5.41) is 29.7. The van der Waals surface area contributed by atoms with Gasteiger partial charge in [-0.05, 0) is 106 Å². The van der Waals surface area contributed by atoms with Gasteiger partial charge in [0.25, 0.3) is 0 Å². The minimum absolute atomic E-state index is 0.0129. The Morgan fingerprint density at radius 3 is 2.10 bits per heavy atom. The second-order valence-electron chi connectivity index (χ2n) is 25.7. The van der Waals surface area contributed by atoms with E-state index < -0.39 is 167 Å². The molecule has 4 N–H and O–H groups in total. The Hall–Kier alpha value is -3.96. The maximum Gasteiger partial charge on any atom is 0.408 e. The first-order valence-electron chi connectivity index (χ1n) is 30.3. The van der Waals surface area contributed by atoms with Crippen LogP contribution >= 0.6 is 0 Å². The van der Waals surface area contributed by atoms with Crippen molar-refractivity contribution in [1.29, 1.82) is 0 Å². The zero-order chi connectivity index (χ0) is 64.3. The van der Waals surface area contributed by atoms with Crippen LogP contribution in [0.1, 0.15) is 136 Å². The van der Waals surface area contributed by atoms with Gasteiger partial charge in [0.2, 0.25) is 10.0 Å². The van der Waals surface area contributed by atoms with Crippen molar-refractivity contribution in [1.82, 2.24) is 14.9 Å². The number of oxime groups is 1. The number of hydrogen-bond acceptors (Lipinski definition) is 22. The molecule has 1 amide bonds. The van der Waals surface area contributed by atoms with E-state index in [2.05, 4.69) is 27.0 Å². The summed E-state index contributed by atoms with van der Waals surface area (Å²) in [5.41, 5.74) is -3.19. The van der Waals surface area contributed by atoms with Gasteiger partial charge in [-0.2, -0.15) is 0 Å². The molecule has 0 unspecified atom stereocenters. The van der Waals surface area contributed by atoms with E-state index in [1.807, 2.05) is 34.7 Å². The summed E-state index contributed by atoms with van der Waals surface area (Å²) in [6.45, 7) is 25.6. The van der Waals surface area contributed by atoms with Crippen molar-refractivity contribution < 1.29 is 94.8 Å². The lowest BCUT2D eigenvalue weighted by Crippen LogP contribution is -2.59. The lowest BCUT2D eigenvalue weighted by molar-refractivity contribution is -0.305. The van der Waals surface area contributed by atoms with E-state index in [9.17, 15) is 28.2 Å².